The van der Waals surface area contributed by atoms with Crippen molar-refractivity contribution in [1.82, 2.24) is 0 Å². The Labute approximate surface area is 48.5 Å². The third-order valence-corrected chi connectivity index (χ3v) is 1.61. The maximum absolute atomic E-state index is 10.5. The fourth-order valence-corrected chi connectivity index (χ4v) is 1.05. The second kappa shape index (κ2) is 2.27. The average Bonchev–Trinajstić information content (AvgIpc) is 2.14. The maximum atomic E-state index is 10.5. The number of aliphatic hydroxyl groups excluding tert-OH is 1. The predicted octanol–water partition coefficient (Wildman–Crippen LogP) is 0.348. The molecule has 0 aliphatic heterocycles. The minimum Gasteiger partial charge on any atom is -0.396 e. The van der Waals surface area contributed by atoms with Gasteiger partial charge in [0, 0.05) is 19.4 Å². The zero-order valence-electron chi connectivity index (χ0n) is 4.76. The first-order valence-corrected chi connectivity index (χ1v) is 2.95. The van der Waals surface area contributed by atoms with Crippen molar-refractivity contribution in [1.29, 1.82) is 0 Å². The average molecular weight is 114 g/mol. The summed E-state index contributed by atoms with van der Waals surface area (Å²) < 4.78 is 0. The molecule has 2 nitrogen and oxygen atoms in total. The van der Waals surface area contributed by atoms with Crippen molar-refractivity contribution < 1.29 is 9.90 Å². The van der Waals surface area contributed by atoms with Crippen LogP contribution in [0.15, 0.2) is 0 Å². The normalized spacial score (nSPS) is 29.1. The van der Waals surface area contributed by atoms with Crippen molar-refractivity contribution in [2.75, 3.05) is 6.61 Å². The van der Waals surface area contributed by atoms with Crippen LogP contribution in [0.2, 0.25) is 0 Å². The second-order valence-corrected chi connectivity index (χ2v) is 2.33. The van der Waals surface area contributed by atoms with Crippen LogP contribution >= 0.6 is 0 Å². The molecule has 0 heterocycles. The largest absolute Gasteiger partial charge is 0.396 e. The van der Waals surface area contributed by atoms with Crippen LogP contribution in [0, 0.1) is 5.92 Å². The van der Waals surface area contributed by atoms with Gasteiger partial charge in [-0.2, -0.15) is 0 Å². The maximum Gasteiger partial charge on any atom is 0.133 e. The number of hydrogen-bond donors (Lipinski definition) is 1. The van der Waals surface area contributed by atoms with Gasteiger partial charge in [0.25, 0.3) is 0 Å². The first kappa shape index (κ1) is 5.76. The molecule has 0 spiro atoms. The number of Topliss-reactive ketones (excluding diaryl/α,β-unsaturated/α-hetero) is 1. The van der Waals surface area contributed by atoms with Gasteiger partial charge >= 0.3 is 0 Å². The molecule has 46 valence electrons. The number of hydrogen-bond acceptors (Lipinski definition) is 2. The zero-order valence-corrected chi connectivity index (χ0v) is 4.76. The second-order valence-electron chi connectivity index (χ2n) is 2.33. The molecular formula is C6H10O2. The first-order valence-electron chi connectivity index (χ1n) is 2.95. The molecule has 0 aromatic heterocycles. The lowest BCUT2D eigenvalue weighted by molar-refractivity contribution is -0.117. The smallest absolute Gasteiger partial charge is 0.133 e. The van der Waals surface area contributed by atoms with Gasteiger partial charge < -0.3 is 5.11 Å². The quantitative estimate of drug-likeness (QED) is 0.534. The summed E-state index contributed by atoms with van der Waals surface area (Å²) in [7, 11) is 0. The molecule has 0 aromatic carbocycles. The third-order valence-electron chi connectivity index (χ3n) is 1.61. The molecule has 8 heavy (non-hydrogen) atoms. The Hall–Kier alpha value is -0.370. The van der Waals surface area contributed by atoms with Crippen molar-refractivity contribution in [2.45, 2.75) is 19.3 Å². The van der Waals surface area contributed by atoms with Gasteiger partial charge in [-0.3, -0.25) is 4.79 Å². The number of carbonyl (C=O) groups is 1. The molecule has 1 aliphatic carbocycles. The van der Waals surface area contributed by atoms with Gasteiger partial charge in [-0.1, -0.05) is 0 Å². The molecular weight excluding hydrogens is 104 g/mol. The van der Waals surface area contributed by atoms with Crippen molar-refractivity contribution in [3.05, 3.63) is 0 Å². The van der Waals surface area contributed by atoms with Gasteiger partial charge in [-0.15, -0.1) is 0 Å². The van der Waals surface area contributed by atoms with Gasteiger partial charge in [-0.05, 0) is 12.3 Å². The van der Waals surface area contributed by atoms with E-state index in [2.05, 4.69) is 0 Å². The number of ketones is 1. The Balaban J connectivity index is 2.32. The monoisotopic (exact) mass is 114 g/mol. The van der Waals surface area contributed by atoms with E-state index in [4.69, 9.17) is 5.11 Å². The van der Waals surface area contributed by atoms with Crippen LogP contribution in [0.5, 0.6) is 0 Å². The molecule has 0 radical (unpaired) electrons. The summed E-state index contributed by atoms with van der Waals surface area (Å²) in [6.45, 7) is 0.186. The Morgan fingerprint density at radius 3 is 2.75 bits per heavy atom. The van der Waals surface area contributed by atoms with Gasteiger partial charge in [0.05, 0.1) is 0 Å². The molecule has 1 saturated carbocycles. The molecule has 1 aliphatic rings. The lowest BCUT2D eigenvalue weighted by Gasteiger charge is -1.97. The molecule has 0 bridgehead atoms. The predicted molar refractivity (Wildman–Crippen MR) is 29.4 cm³/mol. The molecule has 1 rings (SSSR count). The number of aliphatic hydroxyl groups is 1. The Morgan fingerprint density at radius 1 is 1.75 bits per heavy atom. The van der Waals surface area contributed by atoms with Crippen LogP contribution in [-0.4, -0.2) is 17.5 Å². The van der Waals surface area contributed by atoms with Crippen LogP contribution in [0.25, 0.3) is 0 Å². The van der Waals surface area contributed by atoms with E-state index < -0.39 is 0 Å². The fraction of sp³-hybridized carbons (Fsp3) is 0.833. The van der Waals surface area contributed by atoms with Crippen molar-refractivity contribution >= 4 is 5.78 Å². The van der Waals surface area contributed by atoms with Gasteiger partial charge in [0.1, 0.15) is 5.78 Å². The summed E-state index contributed by atoms with van der Waals surface area (Å²) in [5.41, 5.74) is 0. The van der Waals surface area contributed by atoms with E-state index in [9.17, 15) is 4.79 Å². The summed E-state index contributed by atoms with van der Waals surface area (Å²) in [4.78, 5) is 10.5. The van der Waals surface area contributed by atoms with Gasteiger partial charge in [0.2, 0.25) is 0 Å². The highest BCUT2D eigenvalue weighted by Gasteiger charge is 2.20. The summed E-state index contributed by atoms with van der Waals surface area (Å²) in [6, 6.07) is 0. The van der Waals surface area contributed by atoms with E-state index in [1.165, 1.54) is 0 Å². The van der Waals surface area contributed by atoms with Crippen LogP contribution < -0.4 is 0 Å². The molecule has 0 unspecified atom stereocenters. The number of carbonyl (C=O) groups excluding carboxylic acids is 1. The zero-order chi connectivity index (χ0) is 5.98. The van der Waals surface area contributed by atoms with Crippen LogP contribution in [0.3, 0.4) is 0 Å². The molecule has 0 amide bonds. The molecule has 1 fully saturated rings. The van der Waals surface area contributed by atoms with E-state index in [1.807, 2.05) is 0 Å². The fourth-order valence-electron chi connectivity index (χ4n) is 1.05. The third kappa shape index (κ3) is 1.07. The SMILES string of the molecule is O=C1CC[C@@H](CO)C1. The molecule has 0 saturated heterocycles. The highest BCUT2D eigenvalue weighted by Crippen LogP contribution is 2.20. The van der Waals surface area contributed by atoms with E-state index in [0.29, 0.717) is 18.6 Å². The topological polar surface area (TPSA) is 37.3 Å². The van der Waals surface area contributed by atoms with E-state index in [-0.39, 0.29) is 12.5 Å². The Bertz CT molecular complexity index is 98.7. The van der Waals surface area contributed by atoms with Crippen molar-refractivity contribution in [3.63, 3.8) is 0 Å². The lowest BCUT2D eigenvalue weighted by Crippen LogP contribution is -1.99. The molecule has 0 aromatic rings. The molecule has 1 atom stereocenters. The van der Waals surface area contributed by atoms with E-state index >= 15 is 0 Å². The Morgan fingerprint density at radius 2 is 2.50 bits per heavy atom. The summed E-state index contributed by atoms with van der Waals surface area (Å²) in [5.74, 6) is 0.589. The van der Waals surface area contributed by atoms with Crippen molar-refractivity contribution in [2.24, 2.45) is 5.92 Å². The van der Waals surface area contributed by atoms with Crippen molar-refractivity contribution in [3.8, 4) is 0 Å². The summed E-state index contributed by atoms with van der Waals surface area (Å²) in [6.07, 6.45) is 2.19. The Kier molecular flexibility index (Phi) is 1.63. The van der Waals surface area contributed by atoms with Crippen LogP contribution in [-0.2, 0) is 4.79 Å². The van der Waals surface area contributed by atoms with Crippen LogP contribution in [0.4, 0.5) is 0 Å². The summed E-state index contributed by atoms with van der Waals surface area (Å²) in [5, 5.41) is 8.53. The van der Waals surface area contributed by atoms with E-state index in [1.54, 1.807) is 0 Å². The molecule has 1 N–H and O–H groups in total. The van der Waals surface area contributed by atoms with Gasteiger partial charge in [-0.25, -0.2) is 0 Å². The van der Waals surface area contributed by atoms with Crippen LogP contribution in [0.1, 0.15) is 19.3 Å². The lowest BCUT2D eigenvalue weighted by atomic mass is 10.1. The van der Waals surface area contributed by atoms with E-state index in [0.717, 1.165) is 6.42 Å². The summed E-state index contributed by atoms with van der Waals surface area (Å²) >= 11 is 0. The minimum absolute atomic E-state index is 0.186. The highest BCUT2D eigenvalue weighted by molar-refractivity contribution is 5.80. The number of rotatable bonds is 1. The minimum atomic E-state index is 0.186. The molecule has 2 heteroatoms. The van der Waals surface area contributed by atoms with Gasteiger partial charge in [0.15, 0.2) is 0 Å². The first-order chi connectivity index (χ1) is 3.83. The highest BCUT2D eigenvalue weighted by atomic mass is 16.3. The standard InChI is InChI=1S/C6H10O2/c7-4-5-1-2-6(8)3-5/h5,7H,1-4H2/t5-/m1/s1.